The van der Waals surface area contributed by atoms with Crippen molar-refractivity contribution in [2.45, 2.75) is 6.10 Å². The van der Waals surface area contributed by atoms with Crippen LogP contribution in [0.3, 0.4) is 0 Å². The molecule has 0 saturated carbocycles. The Morgan fingerprint density at radius 2 is 2.29 bits per heavy atom. The average Bonchev–Trinajstić information content (AvgIpc) is 2.62. The number of halogens is 1. The quantitative estimate of drug-likeness (QED) is 0.614. The molecule has 0 fully saturated rings. The third-order valence-electron chi connectivity index (χ3n) is 1.75. The van der Waals surface area contributed by atoms with Crippen molar-refractivity contribution in [2.24, 2.45) is 0 Å². The Kier molecular flexibility index (Phi) is 2.32. The molecule has 0 spiro atoms. The first-order valence-corrected chi connectivity index (χ1v) is 4.25. The van der Waals surface area contributed by atoms with Crippen molar-refractivity contribution in [1.82, 2.24) is 19.9 Å². The fraction of sp³-hybridized carbons (Fsp3) is 0.286. The Morgan fingerprint density at radius 3 is 2.93 bits per heavy atom. The third-order valence-corrected chi connectivity index (χ3v) is 2.04. The predicted molar refractivity (Wildman–Crippen MR) is 48.7 cm³/mol. The second-order valence-corrected chi connectivity index (χ2v) is 3.04. The number of hydrogen-bond donors (Lipinski definition) is 3. The van der Waals surface area contributed by atoms with Gasteiger partial charge < -0.3 is 15.2 Å². The molecule has 0 bridgehead atoms. The maximum absolute atomic E-state index is 9.29. The molecule has 0 radical (unpaired) electrons. The summed E-state index contributed by atoms with van der Waals surface area (Å²) in [5.74, 6) is 0.227. The van der Waals surface area contributed by atoms with Gasteiger partial charge in [-0.2, -0.15) is 0 Å². The van der Waals surface area contributed by atoms with Gasteiger partial charge in [-0.1, -0.05) is 11.6 Å². The zero-order valence-electron chi connectivity index (χ0n) is 6.98. The molecule has 7 heteroatoms. The monoisotopic (exact) mass is 214 g/mol. The number of hydrogen-bond acceptors (Lipinski definition) is 5. The topological polar surface area (TPSA) is 94.9 Å². The summed E-state index contributed by atoms with van der Waals surface area (Å²) in [6, 6.07) is 0. The lowest BCUT2D eigenvalue weighted by Crippen LogP contribution is -2.04. The lowest BCUT2D eigenvalue weighted by Gasteiger charge is -2.00. The van der Waals surface area contributed by atoms with E-state index in [9.17, 15) is 5.11 Å². The highest BCUT2D eigenvalue weighted by Gasteiger charge is 2.13. The first-order valence-electron chi connectivity index (χ1n) is 3.87. The van der Waals surface area contributed by atoms with Gasteiger partial charge in [-0.15, -0.1) is 0 Å². The van der Waals surface area contributed by atoms with E-state index in [0.29, 0.717) is 11.2 Å². The standard InChI is InChI=1S/C7H7ClN4O2/c8-5-4-7(10-2-9-5)12-6(11-4)3(14)1-13/h2-3,13-14H,1H2,(H,9,10,11,12). The van der Waals surface area contributed by atoms with E-state index in [4.69, 9.17) is 16.7 Å². The van der Waals surface area contributed by atoms with Crippen molar-refractivity contribution >= 4 is 22.8 Å². The van der Waals surface area contributed by atoms with Crippen LogP contribution in [0.2, 0.25) is 5.15 Å². The molecule has 14 heavy (non-hydrogen) atoms. The molecule has 2 aromatic rings. The Hall–Kier alpha value is -1.24. The molecule has 1 atom stereocenters. The van der Waals surface area contributed by atoms with Crippen molar-refractivity contribution < 1.29 is 10.2 Å². The molecule has 1 unspecified atom stereocenters. The molecule has 2 heterocycles. The van der Waals surface area contributed by atoms with Crippen LogP contribution in [-0.2, 0) is 0 Å². The fourth-order valence-corrected chi connectivity index (χ4v) is 1.24. The van der Waals surface area contributed by atoms with Crippen LogP contribution in [0.15, 0.2) is 6.33 Å². The van der Waals surface area contributed by atoms with E-state index >= 15 is 0 Å². The highest BCUT2D eigenvalue weighted by atomic mass is 35.5. The van der Waals surface area contributed by atoms with Gasteiger partial charge in [-0.25, -0.2) is 15.0 Å². The zero-order valence-corrected chi connectivity index (χ0v) is 7.73. The van der Waals surface area contributed by atoms with Crippen molar-refractivity contribution in [3.8, 4) is 0 Å². The summed E-state index contributed by atoms with van der Waals surface area (Å²) in [4.78, 5) is 14.3. The molecular formula is C7H7ClN4O2. The minimum Gasteiger partial charge on any atom is -0.393 e. The van der Waals surface area contributed by atoms with Gasteiger partial charge in [-0.05, 0) is 0 Å². The Labute approximate surface area is 83.6 Å². The fourth-order valence-electron chi connectivity index (χ4n) is 1.06. The Bertz CT molecular complexity index is 458. The molecule has 3 N–H and O–H groups in total. The molecule has 0 aliphatic heterocycles. The summed E-state index contributed by atoms with van der Waals surface area (Å²) in [5.41, 5.74) is 0.823. The van der Waals surface area contributed by atoms with E-state index in [1.807, 2.05) is 0 Å². The third kappa shape index (κ3) is 1.43. The normalized spacial score (nSPS) is 13.4. The number of aromatic nitrogens is 4. The Balaban J connectivity index is 2.56. The second-order valence-electron chi connectivity index (χ2n) is 2.68. The summed E-state index contributed by atoms with van der Waals surface area (Å²) in [5, 5.41) is 18.2. The van der Waals surface area contributed by atoms with E-state index in [-0.39, 0.29) is 11.0 Å². The predicted octanol–water partition coefficient (Wildman–Crippen LogP) is 0.0320. The smallest absolute Gasteiger partial charge is 0.182 e. The van der Waals surface area contributed by atoms with Gasteiger partial charge in [0.2, 0.25) is 0 Å². The van der Waals surface area contributed by atoms with Gasteiger partial charge in [-0.3, -0.25) is 0 Å². The summed E-state index contributed by atoms with van der Waals surface area (Å²) in [7, 11) is 0. The van der Waals surface area contributed by atoms with Crippen LogP contribution in [0.1, 0.15) is 11.9 Å². The maximum Gasteiger partial charge on any atom is 0.182 e. The van der Waals surface area contributed by atoms with Gasteiger partial charge in [0.05, 0.1) is 6.61 Å². The van der Waals surface area contributed by atoms with Crippen molar-refractivity contribution in [3.05, 3.63) is 17.3 Å². The molecule has 74 valence electrons. The molecule has 0 aromatic carbocycles. The van der Waals surface area contributed by atoms with E-state index in [2.05, 4.69) is 19.9 Å². The summed E-state index contributed by atoms with van der Waals surface area (Å²) in [6.45, 7) is -0.412. The molecular weight excluding hydrogens is 208 g/mol. The molecule has 0 aliphatic rings. The van der Waals surface area contributed by atoms with E-state index < -0.39 is 12.7 Å². The van der Waals surface area contributed by atoms with Crippen molar-refractivity contribution in [2.75, 3.05) is 6.61 Å². The highest BCUT2D eigenvalue weighted by molar-refractivity contribution is 6.33. The van der Waals surface area contributed by atoms with Crippen LogP contribution in [-0.4, -0.2) is 36.8 Å². The number of aromatic amines is 1. The number of H-pyrrole nitrogens is 1. The van der Waals surface area contributed by atoms with Crippen LogP contribution in [0.25, 0.3) is 11.2 Å². The van der Waals surface area contributed by atoms with Crippen molar-refractivity contribution in [3.63, 3.8) is 0 Å². The molecule has 6 nitrogen and oxygen atoms in total. The van der Waals surface area contributed by atoms with Crippen LogP contribution in [0, 0.1) is 0 Å². The molecule has 2 aromatic heterocycles. The SMILES string of the molecule is OCC(O)c1nc2ncnc(Cl)c2[nH]1. The van der Waals surface area contributed by atoms with Crippen LogP contribution < -0.4 is 0 Å². The largest absolute Gasteiger partial charge is 0.393 e. The summed E-state index contributed by atoms with van der Waals surface area (Å²) < 4.78 is 0. The number of imidazole rings is 1. The first-order chi connectivity index (χ1) is 6.72. The second kappa shape index (κ2) is 3.49. The average molecular weight is 215 g/mol. The maximum atomic E-state index is 9.29. The van der Waals surface area contributed by atoms with E-state index in [1.165, 1.54) is 6.33 Å². The lowest BCUT2D eigenvalue weighted by molar-refractivity contribution is 0.0895. The van der Waals surface area contributed by atoms with Gasteiger partial charge >= 0.3 is 0 Å². The minimum atomic E-state index is -1.06. The number of fused-ring (bicyclic) bond motifs is 1. The van der Waals surface area contributed by atoms with Crippen LogP contribution in [0.4, 0.5) is 0 Å². The number of rotatable bonds is 2. The number of nitrogens with zero attached hydrogens (tertiary/aromatic N) is 3. The molecule has 0 aliphatic carbocycles. The van der Waals surface area contributed by atoms with Gasteiger partial charge in [0.25, 0.3) is 0 Å². The highest BCUT2D eigenvalue weighted by Crippen LogP contribution is 2.18. The van der Waals surface area contributed by atoms with E-state index in [0.717, 1.165) is 0 Å². The molecule has 2 rings (SSSR count). The molecule has 0 amide bonds. The van der Waals surface area contributed by atoms with E-state index in [1.54, 1.807) is 0 Å². The van der Waals surface area contributed by atoms with Gasteiger partial charge in [0.15, 0.2) is 10.8 Å². The number of aliphatic hydroxyl groups is 2. The van der Waals surface area contributed by atoms with Gasteiger partial charge in [0.1, 0.15) is 23.8 Å². The number of nitrogens with one attached hydrogen (secondary N) is 1. The van der Waals surface area contributed by atoms with Crippen molar-refractivity contribution in [1.29, 1.82) is 0 Å². The summed E-state index contributed by atoms with van der Waals surface area (Å²) >= 11 is 5.75. The van der Waals surface area contributed by atoms with Crippen LogP contribution in [0.5, 0.6) is 0 Å². The molecule has 0 saturated heterocycles. The Morgan fingerprint density at radius 1 is 1.50 bits per heavy atom. The minimum absolute atomic E-state index is 0.227. The lowest BCUT2D eigenvalue weighted by atomic mass is 10.4. The van der Waals surface area contributed by atoms with Gasteiger partial charge in [0, 0.05) is 0 Å². The summed E-state index contributed by atoms with van der Waals surface area (Å²) in [6.07, 6.45) is 0.223. The number of aliphatic hydroxyl groups excluding tert-OH is 2. The first kappa shape index (κ1) is 9.32. The van der Waals surface area contributed by atoms with Crippen LogP contribution >= 0.6 is 11.6 Å². The zero-order chi connectivity index (χ0) is 10.1.